The van der Waals surface area contributed by atoms with Crippen LogP contribution in [0.2, 0.25) is 0 Å². The third-order valence-electron chi connectivity index (χ3n) is 0. The van der Waals surface area contributed by atoms with Crippen molar-refractivity contribution < 1.29 is 110 Å². The fourth-order valence-corrected chi connectivity index (χ4v) is 0. The first kappa shape index (κ1) is 23.2. The van der Waals surface area contributed by atoms with Crippen LogP contribution in [0.5, 0.6) is 0 Å². The fourth-order valence-electron chi connectivity index (χ4n) is 0. The molecule has 0 aromatic rings. The van der Waals surface area contributed by atoms with E-state index in [1.807, 2.05) is 0 Å². The van der Waals surface area contributed by atoms with Gasteiger partial charge in [0, 0.05) is 0 Å². The molecule has 0 unspecified atom stereocenters. The molecule has 0 saturated carbocycles. The van der Waals surface area contributed by atoms with E-state index in [2.05, 4.69) is 0 Å². The summed E-state index contributed by atoms with van der Waals surface area (Å²) >= 11 is -11.0. The molecule has 0 aliphatic carbocycles. The van der Waals surface area contributed by atoms with Crippen LogP contribution in [0.4, 0.5) is 21.1 Å². The monoisotopic (exact) mass is 210 g/mol. The number of halogens is 6. The van der Waals surface area contributed by atoms with Gasteiger partial charge in [0.2, 0.25) is 0 Å². The largest absolute Gasteiger partial charge is 1.00 e. The first-order valence-corrected chi connectivity index (χ1v) is 3.93. The number of hydrogen-bond donors (Lipinski definition) is 0. The van der Waals surface area contributed by atoms with Crippen molar-refractivity contribution in [1.82, 2.24) is 0 Å². The molecule has 0 fully saturated rings. The Balaban J connectivity index is -0.0000000600. The Hall–Kier alpha value is 3.11. The van der Waals surface area contributed by atoms with Crippen molar-refractivity contribution in [2.75, 3.05) is 0 Å². The quantitative estimate of drug-likeness (QED) is 0.275. The molecular weight excluding hydrogens is 210 g/mol. The van der Waals surface area contributed by atoms with Gasteiger partial charge in [0.1, 0.15) is 0 Å². The summed E-state index contributed by atoms with van der Waals surface area (Å²) < 4.78 is 59.4. The molecule has 0 aromatic carbocycles. The maximum absolute atomic E-state index is 11.0. The van der Waals surface area contributed by atoms with Crippen molar-refractivity contribution in [2.45, 2.75) is 0 Å². The molecule has 0 aliphatic rings. The maximum atomic E-state index is 9.90. The zero-order valence-electron chi connectivity index (χ0n) is 5.85. The molecule has 0 radical (unpaired) electrons. The molecule has 0 heterocycles. The van der Waals surface area contributed by atoms with Crippen molar-refractivity contribution in [2.24, 2.45) is 0 Å². The molecule has 0 saturated heterocycles. The molecule has 0 rings (SSSR count). The molecule has 0 aliphatic heterocycles. The summed E-state index contributed by atoms with van der Waals surface area (Å²) in [4.78, 5) is 0. The van der Waals surface area contributed by atoms with E-state index in [-0.39, 0.29) is 88.7 Å². The van der Waals surface area contributed by atoms with Gasteiger partial charge in [-0.25, -0.2) is 0 Å². The molecule has 10 heavy (non-hydrogen) atoms. The van der Waals surface area contributed by atoms with Gasteiger partial charge in [-0.1, -0.05) is 0 Å². The summed E-state index contributed by atoms with van der Waals surface area (Å²) in [5.74, 6) is 0. The SMILES string of the molecule is [F][Al-3]([F])([F])([F])([F])[F].[Na+].[Na+].[Na+]. The normalized spacial score (nSPS) is 16.2. The molecule has 0 spiro atoms. The third kappa shape index (κ3) is 117. The third-order valence-corrected chi connectivity index (χ3v) is 0. The van der Waals surface area contributed by atoms with Gasteiger partial charge in [0.05, 0.1) is 0 Å². The van der Waals surface area contributed by atoms with Crippen LogP contribution in [0.15, 0.2) is 0 Å². The molecule has 0 atom stereocenters. The van der Waals surface area contributed by atoms with Crippen molar-refractivity contribution in [3.63, 3.8) is 0 Å². The average molecular weight is 210 g/mol. The van der Waals surface area contributed by atoms with Crippen LogP contribution in [-0.4, -0.2) is 13.7 Å². The minimum Gasteiger partial charge on any atom is 1.00 e. The van der Waals surface area contributed by atoms with Crippen molar-refractivity contribution >= 4 is 13.7 Å². The first-order valence-electron chi connectivity index (χ1n) is 1.31. The Bertz CT molecular complexity index is 71.6. The number of hydrogen-bond acceptors (Lipinski definition) is 0. The van der Waals surface area contributed by atoms with E-state index in [4.69, 9.17) is 0 Å². The minimum absolute atomic E-state index is 0. The second-order valence-electron chi connectivity index (χ2n) is 1.24. The van der Waals surface area contributed by atoms with E-state index < -0.39 is 13.7 Å². The van der Waals surface area contributed by atoms with Crippen molar-refractivity contribution in [3.05, 3.63) is 0 Å². The van der Waals surface area contributed by atoms with E-state index in [1.165, 1.54) is 0 Å². The van der Waals surface area contributed by atoms with Crippen LogP contribution < -0.4 is 88.7 Å². The Morgan fingerprint density at radius 2 is 0.500 bits per heavy atom. The summed E-state index contributed by atoms with van der Waals surface area (Å²) in [7, 11) is 0. The van der Waals surface area contributed by atoms with Gasteiger partial charge in [-0.05, 0) is 0 Å². The first-order chi connectivity index (χ1) is 2.45. The smallest absolute Gasteiger partial charge is 1.00 e. The van der Waals surface area contributed by atoms with E-state index in [1.54, 1.807) is 0 Å². The molecule has 0 aromatic heterocycles. The molecule has 10 heteroatoms. The van der Waals surface area contributed by atoms with Gasteiger partial charge in [-0.2, -0.15) is 0 Å². The van der Waals surface area contributed by atoms with E-state index >= 15 is 0 Å². The van der Waals surface area contributed by atoms with Crippen LogP contribution in [0.25, 0.3) is 0 Å². The predicted molar refractivity (Wildman–Crippen MR) is 12.4 cm³/mol. The fraction of sp³-hybridized carbons (Fsp3) is 0. The van der Waals surface area contributed by atoms with Gasteiger partial charge >= 0.3 is 124 Å². The van der Waals surface area contributed by atoms with Crippen molar-refractivity contribution in [1.29, 1.82) is 0 Å². The van der Waals surface area contributed by atoms with Gasteiger partial charge < -0.3 is 0 Å². The average Bonchev–Trinajstić information content (AvgIpc) is 0.592. The predicted octanol–water partition coefficient (Wildman–Crippen LogP) is -6.85. The van der Waals surface area contributed by atoms with Crippen LogP contribution in [0.3, 0.4) is 0 Å². The van der Waals surface area contributed by atoms with Gasteiger partial charge in [0.25, 0.3) is 0 Å². The second-order valence-corrected chi connectivity index (χ2v) is 3.71. The summed E-state index contributed by atoms with van der Waals surface area (Å²) in [6.45, 7) is 0. The van der Waals surface area contributed by atoms with Crippen LogP contribution in [0, 0.1) is 0 Å². The summed E-state index contributed by atoms with van der Waals surface area (Å²) in [5, 5.41) is 0. The molecule has 48 valence electrons. The Morgan fingerprint density at radius 1 is 0.500 bits per heavy atom. The van der Waals surface area contributed by atoms with Crippen LogP contribution in [-0.2, 0) is 0 Å². The maximum Gasteiger partial charge on any atom is 1.00 e. The Morgan fingerprint density at radius 3 is 0.500 bits per heavy atom. The standard InChI is InChI=1S/Al.6FH.3Na/h;6*1H;;;/q+3;;;;;;;3*+1/p-6. The topological polar surface area (TPSA) is 0 Å². The summed E-state index contributed by atoms with van der Waals surface area (Å²) in [6, 6.07) is 0. The Kier molecular flexibility index (Phi) is 10.6. The van der Waals surface area contributed by atoms with E-state index in [9.17, 15) is 21.1 Å². The van der Waals surface area contributed by atoms with Gasteiger partial charge in [0.15, 0.2) is 0 Å². The van der Waals surface area contributed by atoms with Crippen molar-refractivity contribution in [3.8, 4) is 0 Å². The zero-order valence-corrected chi connectivity index (χ0v) is 13.0. The van der Waals surface area contributed by atoms with Crippen LogP contribution in [0.1, 0.15) is 0 Å². The van der Waals surface area contributed by atoms with E-state index in [0.29, 0.717) is 0 Å². The minimum atomic E-state index is -11.0. The molecule has 0 bridgehead atoms. The molecular formula is AlF6Na3. The molecule has 0 N–H and O–H groups in total. The second kappa shape index (κ2) is 4.56. The zero-order chi connectivity index (χ0) is 6.41. The van der Waals surface area contributed by atoms with Gasteiger partial charge in [-0.15, -0.1) is 0 Å². The summed E-state index contributed by atoms with van der Waals surface area (Å²) in [6.07, 6.45) is 0. The Labute approximate surface area is 121 Å². The molecule has 0 amide bonds. The van der Waals surface area contributed by atoms with E-state index in [0.717, 1.165) is 0 Å². The summed E-state index contributed by atoms with van der Waals surface area (Å²) in [5.41, 5.74) is 0. The number of rotatable bonds is 0. The molecule has 0 nitrogen and oxygen atoms in total. The van der Waals surface area contributed by atoms with Crippen LogP contribution >= 0.6 is 0 Å². The van der Waals surface area contributed by atoms with Gasteiger partial charge in [-0.3, -0.25) is 0 Å².